The van der Waals surface area contributed by atoms with Crippen molar-refractivity contribution in [1.82, 2.24) is 0 Å². The molecule has 3 rings (SSSR count). The van der Waals surface area contributed by atoms with Crippen LogP contribution < -0.4 is 9.47 Å². The van der Waals surface area contributed by atoms with Crippen LogP contribution in [0.15, 0.2) is 64.8 Å². The highest BCUT2D eigenvalue weighted by Crippen LogP contribution is 2.35. The molecule has 0 fully saturated rings. The molecular formula is C19H15BrO3. The Balaban J connectivity index is 1.87. The van der Waals surface area contributed by atoms with Gasteiger partial charge in [-0.25, -0.2) is 0 Å². The van der Waals surface area contributed by atoms with Crippen LogP contribution in [0.4, 0.5) is 0 Å². The normalized spacial score (nSPS) is 14.5. The highest BCUT2D eigenvalue weighted by Gasteiger charge is 2.27. The fourth-order valence-corrected chi connectivity index (χ4v) is 2.60. The zero-order valence-corrected chi connectivity index (χ0v) is 14.2. The lowest BCUT2D eigenvalue weighted by Gasteiger charge is -2.06. The summed E-state index contributed by atoms with van der Waals surface area (Å²) in [6.45, 7) is 6.13. The first-order valence-corrected chi connectivity index (χ1v) is 7.94. The molecule has 1 aliphatic heterocycles. The molecule has 0 radical (unpaired) electrons. The highest BCUT2D eigenvalue weighted by molar-refractivity contribution is 9.10. The van der Waals surface area contributed by atoms with E-state index in [9.17, 15) is 4.79 Å². The van der Waals surface area contributed by atoms with E-state index in [1.807, 2.05) is 31.2 Å². The van der Waals surface area contributed by atoms with Gasteiger partial charge in [-0.1, -0.05) is 40.7 Å². The second-order valence-corrected chi connectivity index (χ2v) is 6.22. The van der Waals surface area contributed by atoms with Crippen molar-refractivity contribution in [2.75, 3.05) is 6.61 Å². The molecule has 0 amide bonds. The van der Waals surface area contributed by atoms with E-state index in [-0.39, 0.29) is 5.78 Å². The van der Waals surface area contributed by atoms with Crippen LogP contribution in [0.2, 0.25) is 0 Å². The van der Waals surface area contributed by atoms with Crippen LogP contribution in [0.25, 0.3) is 6.08 Å². The number of Topliss-reactive ketones (excluding diaryl/α,β-unsaturated/α-hetero) is 1. The number of allylic oxidation sites excluding steroid dienone is 1. The van der Waals surface area contributed by atoms with Gasteiger partial charge in [-0.3, -0.25) is 4.79 Å². The van der Waals surface area contributed by atoms with Gasteiger partial charge in [0.05, 0.1) is 5.56 Å². The van der Waals surface area contributed by atoms with Gasteiger partial charge in [0.1, 0.15) is 18.1 Å². The lowest BCUT2D eigenvalue weighted by molar-refractivity contribution is 0.101. The maximum atomic E-state index is 12.4. The van der Waals surface area contributed by atoms with Crippen molar-refractivity contribution in [1.29, 1.82) is 0 Å². The number of hydrogen-bond acceptors (Lipinski definition) is 3. The second-order valence-electron chi connectivity index (χ2n) is 5.37. The highest BCUT2D eigenvalue weighted by atomic mass is 79.9. The quantitative estimate of drug-likeness (QED) is 0.559. The number of halogens is 1. The van der Waals surface area contributed by atoms with Gasteiger partial charge in [-0.05, 0) is 42.3 Å². The molecule has 116 valence electrons. The van der Waals surface area contributed by atoms with Gasteiger partial charge in [0.2, 0.25) is 5.78 Å². The Labute approximate surface area is 143 Å². The molecule has 0 N–H and O–H groups in total. The van der Waals surface area contributed by atoms with Crippen LogP contribution in [0.5, 0.6) is 11.5 Å². The second kappa shape index (κ2) is 6.42. The molecule has 4 heteroatoms. The van der Waals surface area contributed by atoms with Crippen LogP contribution in [-0.2, 0) is 0 Å². The Hall–Kier alpha value is -2.33. The number of rotatable bonds is 4. The molecule has 0 unspecified atom stereocenters. The summed E-state index contributed by atoms with van der Waals surface area (Å²) in [4.78, 5) is 12.4. The van der Waals surface area contributed by atoms with Crippen molar-refractivity contribution in [3.05, 3.63) is 76.0 Å². The number of benzene rings is 2. The number of fused-ring (bicyclic) bond motifs is 1. The molecule has 0 atom stereocenters. The van der Waals surface area contributed by atoms with Gasteiger partial charge in [0.15, 0.2) is 5.76 Å². The smallest absolute Gasteiger partial charge is 0.231 e. The molecule has 0 saturated carbocycles. The first-order valence-electron chi connectivity index (χ1n) is 7.14. The van der Waals surface area contributed by atoms with Gasteiger partial charge in [0.25, 0.3) is 0 Å². The SMILES string of the molecule is C=C(C)COc1ccc2c(c1)OC(=Cc1ccccc1Br)C2=O. The molecule has 1 heterocycles. The van der Waals surface area contributed by atoms with Gasteiger partial charge >= 0.3 is 0 Å². The van der Waals surface area contributed by atoms with Gasteiger partial charge in [-0.15, -0.1) is 0 Å². The summed E-state index contributed by atoms with van der Waals surface area (Å²) in [6, 6.07) is 12.9. The van der Waals surface area contributed by atoms with E-state index < -0.39 is 0 Å². The Kier molecular flexibility index (Phi) is 4.35. The predicted molar refractivity (Wildman–Crippen MR) is 93.8 cm³/mol. The minimum atomic E-state index is -0.123. The number of carbonyl (C=O) groups is 1. The van der Waals surface area contributed by atoms with E-state index >= 15 is 0 Å². The third kappa shape index (κ3) is 3.37. The Morgan fingerprint density at radius 1 is 1.30 bits per heavy atom. The molecule has 1 aliphatic rings. The minimum absolute atomic E-state index is 0.123. The van der Waals surface area contributed by atoms with Crippen molar-refractivity contribution in [3.8, 4) is 11.5 Å². The van der Waals surface area contributed by atoms with Crippen LogP contribution in [0.3, 0.4) is 0 Å². The van der Waals surface area contributed by atoms with Crippen LogP contribution in [0.1, 0.15) is 22.8 Å². The monoisotopic (exact) mass is 370 g/mol. The summed E-state index contributed by atoms with van der Waals surface area (Å²) in [5.41, 5.74) is 2.37. The van der Waals surface area contributed by atoms with E-state index in [0.717, 1.165) is 15.6 Å². The third-order valence-electron chi connectivity index (χ3n) is 3.32. The Bertz CT molecular complexity index is 821. The van der Waals surface area contributed by atoms with E-state index in [0.29, 0.717) is 29.4 Å². The summed E-state index contributed by atoms with van der Waals surface area (Å²) in [6.07, 6.45) is 1.74. The van der Waals surface area contributed by atoms with Crippen molar-refractivity contribution in [2.24, 2.45) is 0 Å². The lowest BCUT2D eigenvalue weighted by atomic mass is 10.1. The molecule has 0 saturated heterocycles. The minimum Gasteiger partial charge on any atom is -0.489 e. The molecule has 2 aromatic rings. The molecule has 0 spiro atoms. The molecule has 0 aromatic heterocycles. The van der Waals surface area contributed by atoms with E-state index in [2.05, 4.69) is 22.5 Å². The summed E-state index contributed by atoms with van der Waals surface area (Å²) >= 11 is 3.46. The Morgan fingerprint density at radius 3 is 2.83 bits per heavy atom. The van der Waals surface area contributed by atoms with Crippen molar-refractivity contribution in [2.45, 2.75) is 6.92 Å². The fourth-order valence-electron chi connectivity index (χ4n) is 2.20. The lowest BCUT2D eigenvalue weighted by Crippen LogP contribution is -1.98. The summed E-state index contributed by atoms with van der Waals surface area (Å²) in [7, 11) is 0. The van der Waals surface area contributed by atoms with Crippen LogP contribution >= 0.6 is 15.9 Å². The zero-order valence-electron chi connectivity index (χ0n) is 12.6. The van der Waals surface area contributed by atoms with E-state index in [1.54, 1.807) is 24.3 Å². The molecule has 3 nitrogen and oxygen atoms in total. The molecule has 2 aromatic carbocycles. The molecular weight excluding hydrogens is 356 g/mol. The summed E-state index contributed by atoms with van der Waals surface area (Å²) in [5, 5.41) is 0. The van der Waals surface area contributed by atoms with Gasteiger partial charge < -0.3 is 9.47 Å². The topological polar surface area (TPSA) is 35.5 Å². The fraction of sp³-hybridized carbons (Fsp3) is 0.105. The first kappa shape index (κ1) is 15.6. The number of hydrogen-bond donors (Lipinski definition) is 0. The maximum Gasteiger partial charge on any atom is 0.231 e. The van der Waals surface area contributed by atoms with Gasteiger partial charge in [-0.2, -0.15) is 0 Å². The number of carbonyl (C=O) groups excluding carboxylic acids is 1. The number of ether oxygens (including phenoxy) is 2. The summed E-state index contributed by atoms with van der Waals surface area (Å²) in [5.74, 6) is 1.36. The average molecular weight is 371 g/mol. The zero-order chi connectivity index (χ0) is 16.4. The van der Waals surface area contributed by atoms with E-state index in [1.165, 1.54) is 0 Å². The van der Waals surface area contributed by atoms with Crippen molar-refractivity contribution in [3.63, 3.8) is 0 Å². The van der Waals surface area contributed by atoms with Crippen LogP contribution in [-0.4, -0.2) is 12.4 Å². The number of ketones is 1. The molecule has 0 bridgehead atoms. The van der Waals surface area contributed by atoms with Crippen molar-refractivity contribution < 1.29 is 14.3 Å². The van der Waals surface area contributed by atoms with Gasteiger partial charge in [0, 0.05) is 10.5 Å². The average Bonchev–Trinajstić information content (AvgIpc) is 2.83. The van der Waals surface area contributed by atoms with Crippen LogP contribution in [0, 0.1) is 0 Å². The van der Waals surface area contributed by atoms with E-state index in [4.69, 9.17) is 9.47 Å². The maximum absolute atomic E-state index is 12.4. The standard InChI is InChI=1S/C19H15BrO3/c1-12(2)11-22-14-7-8-15-17(10-14)23-18(19(15)21)9-13-5-3-4-6-16(13)20/h3-10H,1,11H2,2H3. The predicted octanol–water partition coefficient (Wildman–Crippen LogP) is 5.02. The van der Waals surface area contributed by atoms with Crippen molar-refractivity contribution >= 4 is 27.8 Å². The molecule has 23 heavy (non-hydrogen) atoms. The first-order chi connectivity index (χ1) is 11.0. The Morgan fingerprint density at radius 2 is 2.09 bits per heavy atom. The largest absolute Gasteiger partial charge is 0.489 e. The third-order valence-corrected chi connectivity index (χ3v) is 4.04. The molecule has 0 aliphatic carbocycles. The summed E-state index contributed by atoms with van der Waals surface area (Å²) < 4.78 is 12.2.